The summed E-state index contributed by atoms with van der Waals surface area (Å²) in [7, 11) is 0. The first-order valence-corrected chi connectivity index (χ1v) is 11.5. The molecule has 1 aromatic heterocycles. The van der Waals surface area contributed by atoms with Gasteiger partial charge < -0.3 is 20.9 Å². The summed E-state index contributed by atoms with van der Waals surface area (Å²) in [5.41, 5.74) is 5.47. The number of anilines is 1. The van der Waals surface area contributed by atoms with Crippen LogP contribution in [-0.2, 0) is 14.4 Å². The van der Waals surface area contributed by atoms with Crippen molar-refractivity contribution in [3.05, 3.63) is 57.1 Å². The fourth-order valence-electron chi connectivity index (χ4n) is 3.43. The van der Waals surface area contributed by atoms with E-state index in [0.29, 0.717) is 0 Å². The SMILES string of the molecule is Nc1nc(C(N=O)C(=O)NC2C(=O)N3C(C(=O)O)=C(COc4ccc(F)c(F)c4)CS[C@@H]23)cs1. The summed E-state index contributed by atoms with van der Waals surface area (Å²) in [5, 5.41) is 15.7. The lowest BCUT2D eigenvalue weighted by Gasteiger charge is -2.49. The maximum atomic E-state index is 13.4. The van der Waals surface area contributed by atoms with Crippen LogP contribution in [0.2, 0.25) is 0 Å². The minimum atomic E-state index is -1.52. The smallest absolute Gasteiger partial charge is 0.352 e. The number of fused-ring (bicyclic) bond motifs is 1. The zero-order chi connectivity index (χ0) is 24.6. The number of hydrogen-bond donors (Lipinski definition) is 3. The molecule has 11 nitrogen and oxygen atoms in total. The number of nitrogens with two attached hydrogens (primary N) is 1. The number of hydrogen-bond acceptors (Lipinski definition) is 10. The lowest BCUT2D eigenvalue weighted by atomic mass is 10.0. The lowest BCUT2D eigenvalue weighted by Crippen LogP contribution is -2.71. The van der Waals surface area contributed by atoms with Gasteiger partial charge in [0.05, 0.1) is 5.69 Å². The molecule has 1 fully saturated rings. The van der Waals surface area contributed by atoms with Gasteiger partial charge in [0.2, 0.25) is 6.04 Å². The van der Waals surface area contributed by atoms with Crippen LogP contribution in [0.1, 0.15) is 11.7 Å². The molecule has 0 aliphatic carbocycles. The molecule has 0 bridgehead atoms. The van der Waals surface area contributed by atoms with Crippen molar-refractivity contribution in [3.8, 4) is 5.75 Å². The molecule has 3 atom stereocenters. The number of benzene rings is 1. The number of carboxylic acids is 1. The van der Waals surface area contributed by atoms with Crippen LogP contribution < -0.4 is 15.8 Å². The van der Waals surface area contributed by atoms with Gasteiger partial charge in [-0.1, -0.05) is 0 Å². The second kappa shape index (κ2) is 9.34. The van der Waals surface area contributed by atoms with E-state index in [1.165, 1.54) is 23.2 Å². The van der Waals surface area contributed by atoms with Crippen molar-refractivity contribution in [1.29, 1.82) is 0 Å². The van der Waals surface area contributed by atoms with Gasteiger partial charge in [0, 0.05) is 22.8 Å². The number of nitrogens with one attached hydrogen (secondary N) is 1. The van der Waals surface area contributed by atoms with Crippen LogP contribution in [-0.4, -0.2) is 56.5 Å². The van der Waals surface area contributed by atoms with Gasteiger partial charge >= 0.3 is 5.97 Å². The highest BCUT2D eigenvalue weighted by atomic mass is 32.2. The number of amides is 2. The van der Waals surface area contributed by atoms with Crippen LogP contribution in [0.3, 0.4) is 0 Å². The van der Waals surface area contributed by atoms with E-state index in [2.05, 4.69) is 15.5 Å². The molecule has 0 spiro atoms. The Bertz CT molecular complexity index is 1220. The van der Waals surface area contributed by atoms with Crippen LogP contribution in [0, 0.1) is 16.5 Å². The Kier molecular flexibility index (Phi) is 6.47. The number of carbonyl (C=O) groups is 3. The molecule has 34 heavy (non-hydrogen) atoms. The molecule has 2 aromatic rings. The molecule has 4 N–H and O–H groups in total. The number of carbonyl (C=O) groups excluding carboxylic acids is 2. The zero-order valence-electron chi connectivity index (χ0n) is 16.9. The number of nitrogen functional groups attached to an aromatic ring is 1. The van der Waals surface area contributed by atoms with E-state index >= 15 is 0 Å². The van der Waals surface area contributed by atoms with Gasteiger partial charge in [-0.15, -0.1) is 28.0 Å². The summed E-state index contributed by atoms with van der Waals surface area (Å²) in [4.78, 5) is 53.2. The van der Waals surface area contributed by atoms with Crippen molar-refractivity contribution in [1.82, 2.24) is 15.2 Å². The molecule has 15 heteroatoms. The maximum Gasteiger partial charge on any atom is 0.352 e. The van der Waals surface area contributed by atoms with Gasteiger partial charge in [0.1, 0.15) is 29.5 Å². The van der Waals surface area contributed by atoms with Crippen molar-refractivity contribution in [2.45, 2.75) is 17.5 Å². The Hall–Kier alpha value is -3.59. The highest BCUT2D eigenvalue weighted by Crippen LogP contribution is 2.40. The summed E-state index contributed by atoms with van der Waals surface area (Å²) in [6, 6.07) is 0.282. The third kappa shape index (κ3) is 4.31. The first-order valence-electron chi connectivity index (χ1n) is 9.52. The van der Waals surface area contributed by atoms with E-state index in [1.807, 2.05) is 0 Å². The van der Waals surface area contributed by atoms with Gasteiger partial charge in [-0.25, -0.2) is 18.6 Å². The Morgan fingerprint density at radius 2 is 2.15 bits per heavy atom. The van der Waals surface area contributed by atoms with E-state index < -0.39 is 46.9 Å². The predicted octanol–water partition coefficient (Wildman–Crippen LogP) is 1.63. The number of thiazole rings is 1. The van der Waals surface area contributed by atoms with E-state index in [4.69, 9.17) is 10.5 Å². The number of nitroso groups, excluding NO2 is 1. The minimum absolute atomic E-state index is 0.0154. The van der Waals surface area contributed by atoms with E-state index in [1.54, 1.807) is 0 Å². The number of thioether (sulfide) groups is 1. The summed E-state index contributed by atoms with van der Waals surface area (Å²) in [6.45, 7) is -0.282. The number of nitrogens with zero attached hydrogens (tertiary/aromatic N) is 3. The number of carboxylic acid groups (broad SMARTS) is 1. The van der Waals surface area contributed by atoms with E-state index in [9.17, 15) is 33.2 Å². The number of β-lactam (4-membered cyclic amide) rings is 1. The van der Waals surface area contributed by atoms with Crippen LogP contribution >= 0.6 is 23.1 Å². The Labute approximate surface area is 197 Å². The van der Waals surface area contributed by atoms with E-state index in [-0.39, 0.29) is 40.2 Å². The van der Waals surface area contributed by atoms with Crippen molar-refractivity contribution in [3.63, 3.8) is 0 Å². The fourth-order valence-corrected chi connectivity index (χ4v) is 5.33. The molecular weight excluding hydrogens is 496 g/mol. The molecule has 1 aromatic carbocycles. The number of ether oxygens (including phenoxy) is 1. The molecule has 0 radical (unpaired) electrons. The molecule has 178 valence electrons. The fraction of sp³-hybridized carbons (Fsp3) is 0.263. The topological polar surface area (TPSA) is 164 Å². The lowest BCUT2D eigenvalue weighted by molar-refractivity contribution is -0.151. The molecule has 2 amide bonds. The molecule has 2 aliphatic rings. The average molecular weight is 511 g/mol. The van der Waals surface area contributed by atoms with E-state index in [0.717, 1.165) is 28.4 Å². The molecule has 3 heterocycles. The quantitative estimate of drug-likeness (QED) is 0.353. The Balaban J connectivity index is 1.47. The highest BCUT2D eigenvalue weighted by Gasteiger charge is 2.54. The zero-order valence-corrected chi connectivity index (χ0v) is 18.6. The van der Waals surface area contributed by atoms with Gasteiger partial charge in [-0.05, 0) is 17.3 Å². The number of rotatable bonds is 8. The summed E-state index contributed by atoms with van der Waals surface area (Å²) >= 11 is 2.19. The van der Waals surface area contributed by atoms with Crippen LogP contribution in [0.5, 0.6) is 5.75 Å². The number of aliphatic carboxylic acids is 1. The van der Waals surface area contributed by atoms with Crippen molar-refractivity contribution < 1.29 is 33.0 Å². The molecular formula is C19H15F2N5O6S2. The monoisotopic (exact) mass is 511 g/mol. The second-order valence-corrected chi connectivity index (χ2v) is 9.13. The van der Waals surface area contributed by atoms with Gasteiger partial charge in [-0.2, -0.15) is 0 Å². The molecule has 2 unspecified atom stereocenters. The Morgan fingerprint density at radius 1 is 1.38 bits per heavy atom. The number of halogens is 2. The normalized spacial score (nSPS) is 20.3. The summed E-state index contributed by atoms with van der Waals surface area (Å²) in [5.74, 6) is -5.02. The third-order valence-electron chi connectivity index (χ3n) is 5.03. The Morgan fingerprint density at radius 3 is 2.76 bits per heavy atom. The van der Waals surface area contributed by atoms with Gasteiger partial charge in [0.15, 0.2) is 16.8 Å². The van der Waals surface area contributed by atoms with Gasteiger partial charge in [0.25, 0.3) is 11.8 Å². The standard InChI is InChI=1S/C19H15F2N5O6S2/c20-9-2-1-8(3-10(9)21)32-4-7-5-33-17-13(16(28)26(17)14(7)18(29)30)24-15(27)12(25-31)11-6-34-19(22)23-11/h1-3,6,12-13,17H,4-5H2,(H2,22,23)(H,24,27)(H,29,30)/t12?,13?,17-/m0/s1. The maximum absolute atomic E-state index is 13.4. The molecule has 0 saturated carbocycles. The van der Waals surface area contributed by atoms with Crippen molar-refractivity contribution in [2.75, 3.05) is 18.1 Å². The van der Waals surface area contributed by atoms with Crippen LogP contribution in [0.4, 0.5) is 13.9 Å². The molecule has 1 saturated heterocycles. The second-order valence-electron chi connectivity index (χ2n) is 7.14. The van der Waals surface area contributed by atoms with Crippen molar-refractivity contribution >= 4 is 46.0 Å². The first-order chi connectivity index (χ1) is 16.2. The van der Waals surface area contributed by atoms with Crippen LogP contribution in [0.25, 0.3) is 0 Å². The van der Waals surface area contributed by atoms with Crippen molar-refractivity contribution in [2.24, 2.45) is 5.18 Å². The first kappa shape index (κ1) is 23.6. The summed E-state index contributed by atoms with van der Waals surface area (Å²) < 4.78 is 31.8. The summed E-state index contributed by atoms with van der Waals surface area (Å²) in [6.07, 6.45) is 0. The molecule has 2 aliphatic heterocycles. The average Bonchev–Trinajstić information content (AvgIpc) is 3.23. The number of aromatic nitrogens is 1. The highest BCUT2D eigenvalue weighted by molar-refractivity contribution is 8.00. The molecule has 4 rings (SSSR count). The third-order valence-corrected chi connectivity index (χ3v) is 7.06. The predicted molar refractivity (Wildman–Crippen MR) is 117 cm³/mol. The minimum Gasteiger partial charge on any atom is -0.489 e. The largest absolute Gasteiger partial charge is 0.489 e. The van der Waals surface area contributed by atoms with Crippen LogP contribution in [0.15, 0.2) is 40.0 Å². The van der Waals surface area contributed by atoms with Gasteiger partial charge in [-0.3, -0.25) is 14.5 Å².